The number of methoxy groups -OCH3 is 1. The van der Waals surface area contributed by atoms with Crippen LogP contribution in [0.2, 0.25) is 0 Å². The second-order valence-corrected chi connectivity index (χ2v) is 5.14. The number of hydrogen-bond acceptors (Lipinski definition) is 1. The first-order valence-electron chi connectivity index (χ1n) is 5.77. The molecule has 1 nitrogen and oxygen atoms in total. The molecule has 0 spiro atoms. The van der Waals surface area contributed by atoms with Gasteiger partial charge >= 0.3 is 0 Å². The Bertz CT molecular complexity index is 575. The topological polar surface area (TPSA) is 9.23 Å². The van der Waals surface area contributed by atoms with Crippen LogP contribution in [0, 0.1) is 18.6 Å². The van der Waals surface area contributed by atoms with Crippen molar-refractivity contribution in [1.82, 2.24) is 0 Å². The first kappa shape index (κ1) is 14.0. The molecular weight excluding hydrogens is 314 g/mol. The summed E-state index contributed by atoms with van der Waals surface area (Å²) in [6.07, 6.45) is 0. The predicted molar refractivity (Wildman–Crippen MR) is 74.9 cm³/mol. The number of hydrogen-bond donors (Lipinski definition) is 0. The molecule has 1 atom stereocenters. The van der Waals surface area contributed by atoms with E-state index in [4.69, 9.17) is 4.74 Å². The summed E-state index contributed by atoms with van der Waals surface area (Å²) in [7, 11) is 1.38. The standard InChI is InChI=1S/C15H13BrF2O/c1-9-5-3-4-6-11(9)15(16)14-12(17)7-10(19-2)8-13(14)18/h3-8,15H,1-2H3. The highest BCUT2D eigenvalue weighted by atomic mass is 79.9. The normalized spacial score (nSPS) is 12.3. The van der Waals surface area contributed by atoms with E-state index in [1.54, 1.807) is 0 Å². The van der Waals surface area contributed by atoms with E-state index in [1.165, 1.54) is 19.2 Å². The van der Waals surface area contributed by atoms with E-state index in [9.17, 15) is 8.78 Å². The van der Waals surface area contributed by atoms with Crippen LogP contribution in [-0.2, 0) is 0 Å². The van der Waals surface area contributed by atoms with Gasteiger partial charge in [-0.25, -0.2) is 8.78 Å². The number of ether oxygens (including phenoxy) is 1. The van der Waals surface area contributed by atoms with Gasteiger partial charge in [-0.1, -0.05) is 40.2 Å². The number of alkyl halides is 1. The lowest BCUT2D eigenvalue weighted by Crippen LogP contribution is -2.03. The van der Waals surface area contributed by atoms with E-state index in [1.807, 2.05) is 31.2 Å². The van der Waals surface area contributed by atoms with E-state index < -0.39 is 16.5 Å². The van der Waals surface area contributed by atoms with Crippen LogP contribution in [0.5, 0.6) is 5.75 Å². The maximum atomic E-state index is 14.0. The molecule has 100 valence electrons. The summed E-state index contributed by atoms with van der Waals surface area (Å²) in [5.41, 5.74) is 1.81. The van der Waals surface area contributed by atoms with Gasteiger partial charge in [0.1, 0.15) is 17.4 Å². The van der Waals surface area contributed by atoms with Crippen LogP contribution in [0.4, 0.5) is 8.78 Å². The molecule has 0 aliphatic carbocycles. The molecule has 0 amide bonds. The lowest BCUT2D eigenvalue weighted by molar-refractivity contribution is 0.405. The van der Waals surface area contributed by atoms with E-state index in [2.05, 4.69) is 15.9 Å². The maximum Gasteiger partial charge on any atom is 0.134 e. The van der Waals surface area contributed by atoms with Gasteiger partial charge in [0.2, 0.25) is 0 Å². The van der Waals surface area contributed by atoms with Crippen molar-refractivity contribution >= 4 is 15.9 Å². The molecule has 0 heterocycles. The molecule has 4 heteroatoms. The highest BCUT2D eigenvalue weighted by molar-refractivity contribution is 9.09. The molecule has 0 saturated carbocycles. The average molecular weight is 327 g/mol. The maximum absolute atomic E-state index is 14.0. The summed E-state index contributed by atoms with van der Waals surface area (Å²) in [5, 5.41) is 0. The Balaban J connectivity index is 2.50. The molecule has 2 rings (SSSR count). The third kappa shape index (κ3) is 2.78. The molecular formula is C15H13BrF2O. The molecule has 19 heavy (non-hydrogen) atoms. The van der Waals surface area contributed by atoms with Crippen molar-refractivity contribution in [2.45, 2.75) is 11.8 Å². The predicted octanol–water partition coefficient (Wildman–Crippen LogP) is 4.77. The van der Waals surface area contributed by atoms with Gasteiger partial charge in [-0.2, -0.15) is 0 Å². The zero-order valence-corrected chi connectivity index (χ0v) is 12.2. The number of rotatable bonds is 3. The molecule has 0 aliphatic heterocycles. The highest BCUT2D eigenvalue weighted by Gasteiger charge is 2.21. The van der Waals surface area contributed by atoms with E-state index in [-0.39, 0.29) is 11.3 Å². The Kier molecular flexibility index (Phi) is 4.20. The Labute approximate surface area is 119 Å². The fourth-order valence-corrected chi connectivity index (χ4v) is 2.90. The molecule has 2 aromatic carbocycles. The van der Waals surface area contributed by atoms with E-state index in [0.717, 1.165) is 11.1 Å². The van der Waals surface area contributed by atoms with Crippen molar-refractivity contribution in [3.05, 3.63) is 64.7 Å². The van der Waals surface area contributed by atoms with Crippen LogP contribution in [0.25, 0.3) is 0 Å². The van der Waals surface area contributed by atoms with Gasteiger partial charge < -0.3 is 4.74 Å². The Morgan fingerprint density at radius 1 is 1.11 bits per heavy atom. The summed E-state index contributed by atoms with van der Waals surface area (Å²) < 4.78 is 32.9. The first-order chi connectivity index (χ1) is 9.04. The Hall–Kier alpha value is -1.42. The van der Waals surface area contributed by atoms with E-state index in [0.29, 0.717) is 0 Å². The van der Waals surface area contributed by atoms with Gasteiger partial charge in [-0.05, 0) is 18.1 Å². The van der Waals surface area contributed by atoms with Gasteiger partial charge in [0.05, 0.1) is 11.9 Å². The molecule has 0 aromatic heterocycles. The highest BCUT2D eigenvalue weighted by Crippen LogP contribution is 2.37. The van der Waals surface area contributed by atoms with Crippen LogP contribution in [0.15, 0.2) is 36.4 Å². The fourth-order valence-electron chi connectivity index (χ4n) is 1.95. The zero-order chi connectivity index (χ0) is 14.0. The fraction of sp³-hybridized carbons (Fsp3) is 0.200. The Morgan fingerprint density at radius 3 is 2.21 bits per heavy atom. The molecule has 0 aliphatic rings. The summed E-state index contributed by atoms with van der Waals surface area (Å²) >= 11 is 3.37. The molecule has 0 saturated heterocycles. The monoisotopic (exact) mass is 326 g/mol. The second kappa shape index (κ2) is 5.70. The van der Waals surface area contributed by atoms with E-state index >= 15 is 0 Å². The Morgan fingerprint density at radius 2 is 1.68 bits per heavy atom. The lowest BCUT2D eigenvalue weighted by atomic mass is 9.99. The number of benzene rings is 2. The lowest BCUT2D eigenvalue weighted by Gasteiger charge is -2.16. The van der Waals surface area contributed by atoms with Gasteiger partial charge in [0.25, 0.3) is 0 Å². The minimum absolute atomic E-state index is 0.00454. The molecule has 2 aromatic rings. The zero-order valence-electron chi connectivity index (χ0n) is 10.6. The van der Waals surface area contributed by atoms with Crippen LogP contribution in [0.1, 0.15) is 21.5 Å². The summed E-state index contributed by atoms with van der Waals surface area (Å²) in [4.78, 5) is -0.528. The van der Waals surface area contributed by atoms with Crippen molar-refractivity contribution in [3.63, 3.8) is 0 Å². The van der Waals surface area contributed by atoms with Gasteiger partial charge in [0, 0.05) is 17.7 Å². The number of aryl methyl sites for hydroxylation is 1. The van der Waals surface area contributed by atoms with Crippen molar-refractivity contribution < 1.29 is 13.5 Å². The smallest absolute Gasteiger partial charge is 0.134 e. The van der Waals surface area contributed by atoms with Gasteiger partial charge in [-0.15, -0.1) is 0 Å². The summed E-state index contributed by atoms with van der Waals surface area (Å²) in [5.74, 6) is -1.08. The van der Waals surface area contributed by atoms with Gasteiger partial charge in [0.15, 0.2) is 0 Å². The SMILES string of the molecule is COc1cc(F)c(C(Br)c2ccccc2C)c(F)c1. The first-order valence-corrected chi connectivity index (χ1v) is 6.68. The van der Waals surface area contributed by atoms with Crippen molar-refractivity contribution in [2.24, 2.45) is 0 Å². The van der Waals surface area contributed by atoms with Crippen molar-refractivity contribution in [2.75, 3.05) is 7.11 Å². The minimum Gasteiger partial charge on any atom is -0.497 e. The molecule has 0 radical (unpaired) electrons. The summed E-state index contributed by atoms with van der Waals surface area (Å²) in [6, 6.07) is 9.85. The third-order valence-electron chi connectivity index (χ3n) is 3.00. The van der Waals surface area contributed by atoms with Crippen LogP contribution in [0.3, 0.4) is 0 Å². The van der Waals surface area contributed by atoms with Crippen LogP contribution < -0.4 is 4.74 Å². The van der Waals surface area contributed by atoms with Crippen molar-refractivity contribution in [1.29, 1.82) is 0 Å². The third-order valence-corrected chi connectivity index (χ3v) is 3.95. The molecule has 0 N–H and O–H groups in total. The summed E-state index contributed by atoms with van der Waals surface area (Å²) in [6.45, 7) is 1.91. The average Bonchev–Trinajstić information content (AvgIpc) is 2.38. The largest absolute Gasteiger partial charge is 0.497 e. The van der Waals surface area contributed by atoms with Crippen LogP contribution >= 0.6 is 15.9 Å². The second-order valence-electron chi connectivity index (χ2n) is 4.22. The van der Waals surface area contributed by atoms with Gasteiger partial charge in [-0.3, -0.25) is 0 Å². The number of halogens is 3. The quantitative estimate of drug-likeness (QED) is 0.738. The molecule has 0 fully saturated rings. The molecule has 1 unspecified atom stereocenters. The van der Waals surface area contributed by atoms with Crippen LogP contribution in [-0.4, -0.2) is 7.11 Å². The minimum atomic E-state index is -0.623. The molecule has 0 bridgehead atoms. The van der Waals surface area contributed by atoms with Crippen molar-refractivity contribution in [3.8, 4) is 5.75 Å².